The summed E-state index contributed by atoms with van der Waals surface area (Å²) in [7, 11) is 0. The number of anilines is 1. The van der Waals surface area contributed by atoms with E-state index in [1.165, 1.54) is 26.0 Å². The van der Waals surface area contributed by atoms with E-state index in [4.69, 9.17) is 5.11 Å². The quantitative estimate of drug-likeness (QED) is 0.597. The Kier molecular flexibility index (Phi) is 5.22. The van der Waals surface area contributed by atoms with Crippen LogP contribution in [0.25, 0.3) is 0 Å². The summed E-state index contributed by atoms with van der Waals surface area (Å²) in [4.78, 5) is 33.5. The number of nitrogens with one attached hydrogen (secondary N) is 2. The lowest BCUT2D eigenvalue weighted by atomic mass is 10.1. The molecule has 0 fully saturated rings. The second kappa shape index (κ2) is 6.67. The number of carbonyl (C=O) groups excluding carboxylic acids is 2. The number of aliphatic carboxylic acids is 1. The summed E-state index contributed by atoms with van der Waals surface area (Å²) in [6.07, 6.45) is -1.22. The maximum Gasteiger partial charge on any atom is 0.328 e. The molecule has 108 valence electrons. The molecule has 0 spiro atoms. The molecule has 7 heteroatoms. The van der Waals surface area contributed by atoms with Crippen molar-refractivity contribution < 1.29 is 24.6 Å². The predicted molar refractivity (Wildman–Crippen MR) is 71.7 cm³/mol. The molecule has 0 aromatic heterocycles. The fourth-order valence-electron chi connectivity index (χ4n) is 1.49. The van der Waals surface area contributed by atoms with Crippen molar-refractivity contribution in [3.63, 3.8) is 0 Å². The van der Waals surface area contributed by atoms with E-state index in [-0.39, 0.29) is 5.78 Å². The van der Waals surface area contributed by atoms with Gasteiger partial charge < -0.3 is 20.8 Å². The van der Waals surface area contributed by atoms with Gasteiger partial charge in [0, 0.05) is 11.3 Å². The molecule has 0 heterocycles. The van der Waals surface area contributed by atoms with Crippen molar-refractivity contribution in [2.75, 3.05) is 5.32 Å². The topological polar surface area (TPSA) is 116 Å². The second-order valence-electron chi connectivity index (χ2n) is 4.29. The van der Waals surface area contributed by atoms with Crippen LogP contribution in [0.15, 0.2) is 24.3 Å². The van der Waals surface area contributed by atoms with Crippen molar-refractivity contribution in [3.05, 3.63) is 29.8 Å². The second-order valence-corrected chi connectivity index (χ2v) is 4.29. The van der Waals surface area contributed by atoms with Crippen molar-refractivity contribution in [2.45, 2.75) is 26.0 Å². The highest BCUT2D eigenvalue weighted by Gasteiger charge is 2.24. The molecule has 0 saturated heterocycles. The molecule has 1 aromatic rings. The molecule has 7 nitrogen and oxygen atoms in total. The summed E-state index contributed by atoms with van der Waals surface area (Å²) in [5.41, 5.74) is 0.908. The molecule has 0 aliphatic carbocycles. The summed E-state index contributed by atoms with van der Waals surface area (Å²) in [5.74, 6) is -1.43. The zero-order chi connectivity index (χ0) is 15.3. The lowest BCUT2D eigenvalue weighted by Gasteiger charge is -2.17. The Hall–Kier alpha value is -2.41. The molecule has 20 heavy (non-hydrogen) atoms. The standard InChI is InChI=1S/C13H16N2O5/c1-7(16)9-3-5-10(6-4-9)14-13(20)15-11(8(2)17)12(18)19/h3-6,8,11,17H,1-2H3,(H,18,19)(H2,14,15,20). The zero-order valence-corrected chi connectivity index (χ0v) is 11.1. The van der Waals surface area contributed by atoms with Gasteiger partial charge in [0.25, 0.3) is 0 Å². The number of urea groups is 1. The van der Waals surface area contributed by atoms with E-state index in [0.717, 1.165) is 0 Å². The minimum absolute atomic E-state index is 0.0963. The summed E-state index contributed by atoms with van der Waals surface area (Å²) >= 11 is 0. The smallest absolute Gasteiger partial charge is 0.328 e. The number of aliphatic hydroxyl groups excluding tert-OH is 1. The molecule has 2 unspecified atom stereocenters. The van der Waals surface area contributed by atoms with E-state index < -0.39 is 24.1 Å². The SMILES string of the molecule is CC(=O)c1ccc(NC(=O)NC(C(=O)O)C(C)O)cc1. The lowest BCUT2D eigenvalue weighted by molar-refractivity contribution is -0.141. The molecule has 4 N–H and O–H groups in total. The fourth-order valence-corrected chi connectivity index (χ4v) is 1.49. The number of amides is 2. The minimum atomic E-state index is -1.40. The van der Waals surface area contributed by atoms with Gasteiger partial charge in [0.05, 0.1) is 6.10 Å². The Morgan fingerprint density at radius 2 is 1.70 bits per heavy atom. The first-order valence-electron chi connectivity index (χ1n) is 5.90. The van der Waals surface area contributed by atoms with Gasteiger partial charge >= 0.3 is 12.0 Å². The number of ketones is 1. The van der Waals surface area contributed by atoms with Crippen LogP contribution in [0.2, 0.25) is 0 Å². The van der Waals surface area contributed by atoms with Crippen LogP contribution in [-0.4, -0.2) is 40.1 Å². The van der Waals surface area contributed by atoms with Crippen LogP contribution in [0, 0.1) is 0 Å². The number of carboxylic acids is 1. The number of hydrogen-bond donors (Lipinski definition) is 4. The largest absolute Gasteiger partial charge is 0.480 e. The van der Waals surface area contributed by atoms with Gasteiger partial charge in [-0.05, 0) is 38.1 Å². The van der Waals surface area contributed by atoms with Crippen molar-refractivity contribution in [2.24, 2.45) is 0 Å². The maximum atomic E-state index is 11.6. The Bertz CT molecular complexity index is 510. The molecule has 2 amide bonds. The fraction of sp³-hybridized carbons (Fsp3) is 0.308. The maximum absolute atomic E-state index is 11.6. The number of carbonyl (C=O) groups is 3. The van der Waals surface area contributed by atoms with Crippen molar-refractivity contribution in [1.82, 2.24) is 5.32 Å². The Labute approximate surface area is 115 Å². The third kappa shape index (κ3) is 4.36. The zero-order valence-electron chi connectivity index (χ0n) is 11.1. The molecule has 2 atom stereocenters. The monoisotopic (exact) mass is 280 g/mol. The first-order valence-corrected chi connectivity index (χ1v) is 5.90. The molecule has 0 saturated carbocycles. The minimum Gasteiger partial charge on any atom is -0.480 e. The number of carboxylic acid groups (broad SMARTS) is 1. The molecule has 1 aromatic carbocycles. The van der Waals surface area contributed by atoms with E-state index in [9.17, 15) is 19.5 Å². The highest BCUT2D eigenvalue weighted by molar-refractivity contribution is 5.96. The molecule has 0 aliphatic rings. The van der Waals surface area contributed by atoms with Gasteiger partial charge in [0.2, 0.25) is 0 Å². The van der Waals surface area contributed by atoms with Crippen LogP contribution in [0.1, 0.15) is 24.2 Å². The van der Waals surface area contributed by atoms with E-state index in [0.29, 0.717) is 11.3 Å². The van der Waals surface area contributed by atoms with E-state index in [1.54, 1.807) is 12.1 Å². The highest BCUT2D eigenvalue weighted by atomic mass is 16.4. The van der Waals surface area contributed by atoms with Crippen molar-refractivity contribution in [1.29, 1.82) is 0 Å². The Balaban J connectivity index is 2.66. The van der Waals surface area contributed by atoms with Gasteiger partial charge in [-0.15, -0.1) is 0 Å². The summed E-state index contributed by atoms with van der Waals surface area (Å²) in [6, 6.07) is 3.98. The van der Waals surface area contributed by atoms with Crippen molar-refractivity contribution >= 4 is 23.5 Å². The van der Waals surface area contributed by atoms with Crippen LogP contribution in [0.5, 0.6) is 0 Å². The number of benzene rings is 1. The number of Topliss-reactive ketones (excluding diaryl/α,β-unsaturated/α-hetero) is 1. The van der Waals surface area contributed by atoms with Crippen LogP contribution < -0.4 is 10.6 Å². The van der Waals surface area contributed by atoms with Crippen LogP contribution in [0.3, 0.4) is 0 Å². The number of aliphatic hydroxyl groups is 1. The Morgan fingerprint density at radius 3 is 2.10 bits per heavy atom. The molecule has 0 bridgehead atoms. The first kappa shape index (κ1) is 15.6. The van der Waals surface area contributed by atoms with Gasteiger partial charge in [0.15, 0.2) is 11.8 Å². The highest BCUT2D eigenvalue weighted by Crippen LogP contribution is 2.10. The molecular formula is C13H16N2O5. The van der Waals surface area contributed by atoms with Crippen LogP contribution in [0.4, 0.5) is 10.5 Å². The summed E-state index contributed by atoms with van der Waals surface area (Å²) < 4.78 is 0. The van der Waals surface area contributed by atoms with Crippen LogP contribution >= 0.6 is 0 Å². The van der Waals surface area contributed by atoms with Gasteiger partial charge in [-0.25, -0.2) is 9.59 Å². The molecule has 0 radical (unpaired) electrons. The summed E-state index contributed by atoms with van der Waals surface area (Å²) in [5, 5.41) is 22.6. The summed E-state index contributed by atoms with van der Waals surface area (Å²) in [6.45, 7) is 2.69. The van der Waals surface area contributed by atoms with E-state index >= 15 is 0 Å². The molecule has 0 aliphatic heterocycles. The predicted octanol–water partition coefficient (Wildman–Crippen LogP) is 0.845. The first-order chi connectivity index (χ1) is 9.31. The van der Waals surface area contributed by atoms with Crippen molar-refractivity contribution in [3.8, 4) is 0 Å². The third-order valence-electron chi connectivity index (χ3n) is 2.58. The lowest BCUT2D eigenvalue weighted by Crippen LogP contribution is -2.49. The van der Waals surface area contributed by atoms with Gasteiger partial charge in [-0.1, -0.05) is 0 Å². The third-order valence-corrected chi connectivity index (χ3v) is 2.58. The average molecular weight is 280 g/mol. The van der Waals surface area contributed by atoms with E-state index in [2.05, 4.69) is 10.6 Å². The Morgan fingerprint density at radius 1 is 1.15 bits per heavy atom. The van der Waals surface area contributed by atoms with Gasteiger partial charge in [0.1, 0.15) is 0 Å². The average Bonchev–Trinajstić information content (AvgIpc) is 2.35. The molecule has 1 rings (SSSR count). The van der Waals surface area contributed by atoms with E-state index in [1.807, 2.05) is 0 Å². The number of rotatable bonds is 5. The normalized spacial score (nSPS) is 13.2. The van der Waals surface area contributed by atoms with Crippen LogP contribution in [-0.2, 0) is 4.79 Å². The van der Waals surface area contributed by atoms with Gasteiger partial charge in [-0.3, -0.25) is 4.79 Å². The van der Waals surface area contributed by atoms with Gasteiger partial charge in [-0.2, -0.15) is 0 Å². The molecular weight excluding hydrogens is 264 g/mol. The number of hydrogen-bond acceptors (Lipinski definition) is 4.